The standard InChI is InChI=1S/C21H21N3/c1-20(2)16-11-7-6-10-15(16)19(22-21(20,3)4)18-13-14-9-5-8-12-17(14)23-24-18/h5-13H,1-4H3. The zero-order chi connectivity index (χ0) is 16.9. The van der Waals surface area contributed by atoms with Gasteiger partial charge in [-0.2, -0.15) is 0 Å². The molecular weight excluding hydrogens is 294 g/mol. The first-order valence-electron chi connectivity index (χ1n) is 8.33. The summed E-state index contributed by atoms with van der Waals surface area (Å²) < 4.78 is 0. The van der Waals surface area contributed by atoms with E-state index < -0.39 is 0 Å². The molecule has 1 aliphatic rings. The van der Waals surface area contributed by atoms with Gasteiger partial charge in [0.15, 0.2) is 0 Å². The van der Waals surface area contributed by atoms with Crippen molar-refractivity contribution in [3.8, 4) is 0 Å². The second kappa shape index (κ2) is 4.97. The molecule has 0 spiro atoms. The Kier molecular flexibility index (Phi) is 3.11. The van der Waals surface area contributed by atoms with Crippen molar-refractivity contribution in [3.05, 3.63) is 71.4 Å². The van der Waals surface area contributed by atoms with Crippen LogP contribution in [-0.4, -0.2) is 21.4 Å². The zero-order valence-electron chi connectivity index (χ0n) is 14.5. The van der Waals surface area contributed by atoms with E-state index in [1.54, 1.807) is 0 Å². The lowest BCUT2D eigenvalue weighted by Gasteiger charge is -2.44. The molecule has 4 rings (SSSR count). The van der Waals surface area contributed by atoms with Crippen molar-refractivity contribution in [1.29, 1.82) is 0 Å². The first-order valence-corrected chi connectivity index (χ1v) is 8.33. The van der Waals surface area contributed by atoms with Crippen LogP contribution in [-0.2, 0) is 5.41 Å². The summed E-state index contributed by atoms with van der Waals surface area (Å²) in [6.07, 6.45) is 0. The fourth-order valence-corrected chi connectivity index (χ4v) is 3.34. The van der Waals surface area contributed by atoms with Crippen LogP contribution in [0.1, 0.15) is 44.5 Å². The van der Waals surface area contributed by atoms with Crippen molar-refractivity contribution in [1.82, 2.24) is 10.2 Å². The Bertz CT molecular complexity index is 967. The lowest BCUT2D eigenvalue weighted by Crippen LogP contribution is -2.46. The summed E-state index contributed by atoms with van der Waals surface area (Å²) in [5, 5.41) is 9.93. The second-order valence-electron chi connectivity index (χ2n) is 7.48. The van der Waals surface area contributed by atoms with Crippen LogP contribution in [0.2, 0.25) is 0 Å². The van der Waals surface area contributed by atoms with Crippen molar-refractivity contribution in [3.63, 3.8) is 0 Å². The predicted molar refractivity (Wildman–Crippen MR) is 98.7 cm³/mol. The van der Waals surface area contributed by atoms with E-state index in [2.05, 4.69) is 74.3 Å². The molecule has 0 atom stereocenters. The number of hydrogen-bond donors (Lipinski definition) is 0. The van der Waals surface area contributed by atoms with Gasteiger partial charge in [-0.05, 0) is 31.5 Å². The van der Waals surface area contributed by atoms with E-state index >= 15 is 0 Å². The minimum atomic E-state index is -0.218. The van der Waals surface area contributed by atoms with E-state index in [-0.39, 0.29) is 11.0 Å². The molecule has 1 aliphatic heterocycles. The Morgan fingerprint density at radius 3 is 2.33 bits per heavy atom. The van der Waals surface area contributed by atoms with Crippen molar-refractivity contribution in [2.75, 3.05) is 0 Å². The van der Waals surface area contributed by atoms with E-state index in [1.807, 2.05) is 18.2 Å². The molecule has 0 aliphatic carbocycles. The van der Waals surface area contributed by atoms with Crippen LogP contribution >= 0.6 is 0 Å². The molecule has 0 radical (unpaired) electrons. The molecule has 0 bridgehead atoms. The molecule has 0 saturated carbocycles. The summed E-state index contributed by atoms with van der Waals surface area (Å²) in [5.74, 6) is 0. The van der Waals surface area contributed by atoms with Gasteiger partial charge in [-0.3, -0.25) is 4.99 Å². The second-order valence-corrected chi connectivity index (χ2v) is 7.48. The van der Waals surface area contributed by atoms with E-state index in [9.17, 15) is 0 Å². The number of benzene rings is 2. The van der Waals surface area contributed by atoms with Gasteiger partial charge >= 0.3 is 0 Å². The maximum atomic E-state index is 5.10. The van der Waals surface area contributed by atoms with Crippen molar-refractivity contribution >= 4 is 16.6 Å². The van der Waals surface area contributed by atoms with Gasteiger partial charge in [-0.15, -0.1) is 10.2 Å². The molecule has 0 saturated heterocycles. The summed E-state index contributed by atoms with van der Waals surface area (Å²) in [4.78, 5) is 5.10. The Balaban J connectivity index is 1.98. The lowest BCUT2D eigenvalue weighted by molar-refractivity contribution is 0.303. The molecule has 1 aromatic heterocycles. The third-order valence-corrected chi connectivity index (χ3v) is 5.51. The van der Waals surface area contributed by atoms with Crippen molar-refractivity contribution in [2.24, 2.45) is 4.99 Å². The molecule has 3 aromatic rings. The maximum absolute atomic E-state index is 5.10. The number of hydrogen-bond acceptors (Lipinski definition) is 3. The number of aliphatic imine (C=N–C) groups is 1. The van der Waals surface area contributed by atoms with Gasteiger partial charge in [0.2, 0.25) is 0 Å². The highest BCUT2D eigenvalue weighted by Gasteiger charge is 2.43. The van der Waals surface area contributed by atoms with Crippen LogP contribution in [0.5, 0.6) is 0 Å². The van der Waals surface area contributed by atoms with Crippen LogP contribution in [0, 0.1) is 0 Å². The van der Waals surface area contributed by atoms with Crippen LogP contribution in [0.25, 0.3) is 10.9 Å². The van der Waals surface area contributed by atoms with E-state index in [0.29, 0.717) is 0 Å². The number of fused-ring (bicyclic) bond motifs is 2. The lowest BCUT2D eigenvalue weighted by atomic mass is 9.66. The van der Waals surface area contributed by atoms with E-state index in [0.717, 1.165) is 27.9 Å². The normalized spacial score (nSPS) is 18.1. The quantitative estimate of drug-likeness (QED) is 0.661. The molecule has 24 heavy (non-hydrogen) atoms. The summed E-state index contributed by atoms with van der Waals surface area (Å²) in [7, 11) is 0. The Morgan fingerprint density at radius 2 is 1.50 bits per heavy atom. The third kappa shape index (κ3) is 2.08. The SMILES string of the molecule is CC1(C)N=C(c2cc3ccccc3nn2)c2ccccc2C1(C)C. The average Bonchev–Trinajstić information content (AvgIpc) is 2.58. The Hall–Kier alpha value is -2.55. The molecule has 3 heteroatoms. The molecule has 2 heterocycles. The average molecular weight is 315 g/mol. The van der Waals surface area contributed by atoms with Gasteiger partial charge in [-0.1, -0.05) is 56.3 Å². The summed E-state index contributed by atoms with van der Waals surface area (Å²) in [6.45, 7) is 8.91. The van der Waals surface area contributed by atoms with E-state index in [1.165, 1.54) is 5.56 Å². The van der Waals surface area contributed by atoms with Crippen LogP contribution in [0.4, 0.5) is 0 Å². The zero-order valence-corrected chi connectivity index (χ0v) is 14.5. The summed E-state index contributed by atoms with van der Waals surface area (Å²) in [5.41, 5.74) is 4.89. The van der Waals surface area contributed by atoms with Crippen LogP contribution < -0.4 is 0 Å². The number of aromatic nitrogens is 2. The molecular formula is C21H21N3. The summed E-state index contributed by atoms with van der Waals surface area (Å²) >= 11 is 0. The minimum absolute atomic E-state index is 0.0443. The van der Waals surface area contributed by atoms with Crippen LogP contribution in [0.15, 0.2) is 59.6 Å². The minimum Gasteiger partial charge on any atom is -0.275 e. The Labute approximate surface area is 142 Å². The van der Waals surface area contributed by atoms with Crippen LogP contribution in [0.3, 0.4) is 0 Å². The molecule has 0 fully saturated rings. The fourth-order valence-electron chi connectivity index (χ4n) is 3.34. The number of nitrogens with zero attached hydrogens (tertiary/aromatic N) is 3. The monoisotopic (exact) mass is 315 g/mol. The smallest absolute Gasteiger partial charge is 0.112 e. The highest BCUT2D eigenvalue weighted by molar-refractivity contribution is 6.14. The molecule has 120 valence electrons. The topological polar surface area (TPSA) is 38.1 Å². The third-order valence-electron chi connectivity index (χ3n) is 5.51. The van der Waals surface area contributed by atoms with Crippen molar-refractivity contribution in [2.45, 2.75) is 38.6 Å². The number of rotatable bonds is 1. The Morgan fingerprint density at radius 1 is 0.792 bits per heavy atom. The highest BCUT2D eigenvalue weighted by Crippen LogP contribution is 2.43. The first kappa shape index (κ1) is 15.0. The van der Waals surface area contributed by atoms with E-state index in [4.69, 9.17) is 4.99 Å². The predicted octanol–water partition coefficient (Wildman–Crippen LogP) is 4.54. The molecule has 0 amide bonds. The van der Waals surface area contributed by atoms with Gasteiger partial charge in [0.1, 0.15) is 5.69 Å². The largest absolute Gasteiger partial charge is 0.275 e. The fraction of sp³-hybridized carbons (Fsp3) is 0.286. The molecule has 0 unspecified atom stereocenters. The van der Waals surface area contributed by atoms with Gasteiger partial charge in [0.25, 0.3) is 0 Å². The first-order chi connectivity index (χ1) is 11.4. The van der Waals surface area contributed by atoms with Crippen molar-refractivity contribution < 1.29 is 0 Å². The molecule has 0 N–H and O–H groups in total. The maximum Gasteiger partial charge on any atom is 0.112 e. The molecule has 3 nitrogen and oxygen atoms in total. The van der Waals surface area contributed by atoms with Gasteiger partial charge in [0.05, 0.1) is 16.8 Å². The molecule has 2 aromatic carbocycles. The summed E-state index contributed by atoms with van der Waals surface area (Å²) in [6, 6.07) is 18.7. The highest BCUT2D eigenvalue weighted by atomic mass is 15.1. The van der Waals surface area contributed by atoms with Gasteiger partial charge in [-0.25, -0.2) is 0 Å². The van der Waals surface area contributed by atoms with Gasteiger partial charge < -0.3 is 0 Å². The van der Waals surface area contributed by atoms with Gasteiger partial charge in [0, 0.05) is 16.4 Å².